The lowest BCUT2D eigenvalue weighted by Gasteiger charge is -2.30. The van der Waals surface area contributed by atoms with Crippen molar-refractivity contribution in [3.63, 3.8) is 0 Å². The maximum Gasteiger partial charge on any atom is 0.252 e. The first-order valence-corrected chi connectivity index (χ1v) is 11.7. The number of aryl methyl sites for hydroxylation is 2. The van der Waals surface area contributed by atoms with Gasteiger partial charge in [-0.15, -0.1) is 0 Å². The van der Waals surface area contributed by atoms with Gasteiger partial charge in [0.1, 0.15) is 12.4 Å². The molecule has 34 heavy (non-hydrogen) atoms. The number of carbonyl (C=O) groups excluding carboxylic acids is 2. The lowest BCUT2D eigenvalue weighted by atomic mass is 10.0. The Morgan fingerprint density at radius 3 is 2.59 bits per heavy atom. The fraction of sp³-hybridized carbons (Fsp3) is 0.250. The predicted octanol–water partition coefficient (Wildman–Crippen LogP) is 4.82. The summed E-state index contributed by atoms with van der Waals surface area (Å²) in [5.41, 5.74) is 5.44. The van der Waals surface area contributed by atoms with E-state index in [1.54, 1.807) is 0 Å². The van der Waals surface area contributed by atoms with Gasteiger partial charge in [-0.25, -0.2) is 4.98 Å². The molecule has 6 nitrogen and oxygen atoms in total. The summed E-state index contributed by atoms with van der Waals surface area (Å²) in [7, 11) is 0. The summed E-state index contributed by atoms with van der Waals surface area (Å²) >= 11 is 0. The van der Waals surface area contributed by atoms with Gasteiger partial charge in [0, 0.05) is 17.8 Å². The van der Waals surface area contributed by atoms with E-state index in [1.807, 2.05) is 90.0 Å². The third kappa shape index (κ3) is 4.07. The number of rotatable bonds is 5. The number of benzene rings is 3. The number of imidazole rings is 1. The maximum atomic E-state index is 13.5. The number of aromatic nitrogens is 2. The van der Waals surface area contributed by atoms with Crippen LogP contribution in [0.3, 0.4) is 0 Å². The van der Waals surface area contributed by atoms with Crippen LogP contribution >= 0.6 is 0 Å². The molecule has 1 unspecified atom stereocenters. The van der Waals surface area contributed by atoms with Crippen LogP contribution in [-0.4, -0.2) is 27.9 Å². The molecule has 4 aromatic rings. The van der Waals surface area contributed by atoms with Crippen molar-refractivity contribution in [2.45, 2.75) is 39.3 Å². The third-order valence-electron chi connectivity index (χ3n) is 6.51. The van der Waals surface area contributed by atoms with Gasteiger partial charge in [0.25, 0.3) is 5.91 Å². The van der Waals surface area contributed by atoms with Gasteiger partial charge in [0.2, 0.25) is 5.91 Å². The number of anilines is 1. The van der Waals surface area contributed by atoms with Crippen molar-refractivity contribution >= 4 is 28.5 Å². The van der Waals surface area contributed by atoms with Crippen LogP contribution in [0.2, 0.25) is 0 Å². The molecule has 0 fully saturated rings. The van der Waals surface area contributed by atoms with Gasteiger partial charge in [-0.3, -0.25) is 9.59 Å². The Labute approximate surface area is 199 Å². The highest BCUT2D eigenvalue weighted by Gasteiger charge is 2.26. The Morgan fingerprint density at radius 2 is 1.74 bits per heavy atom. The van der Waals surface area contributed by atoms with E-state index in [0.717, 1.165) is 35.1 Å². The Hall–Kier alpha value is -3.93. The molecule has 0 radical (unpaired) electrons. The fourth-order valence-electron chi connectivity index (χ4n) is 4.77. The van der Waals surface area contributed by atoms with Crippen molar-refractivity contribution in [3.05, 3.63) is 95.3 Å². The predicted molar refractivity (Wildman–Crippen MR) is 134 cm³/mol. The first kappa shape index (κ1) is 21.9. The molecular formula is C28H28N4O2. The fourth-order valence-corrected chi connectivity index (χ4v) is 4.77. The highest BCUT2D eigenvalue weighted by atomic mass is 16.2. The van der Waals surface area contributed by atoms with E-state index >= 15 is 0 Å². The molecule has 0 saturated carbocycles. The normalized spacial score (nSPS) is 14.0. The van der Waals surface area contributed by atoms with Crippen molar-refractivity contribution < 1.29 is 9.59 Å². The Kier molecular flexibility index (Phi) is 5.88. The van der Waals surface area contributed by atoms with Gasteiger partial charge < -0.3 is 14.8 Å². The quantitative estimate of drug-likeness (QED) is 0.472. The van der Waals surface area contributed by atoms with E-state index in [-0.39, 0.29) is 24.4 Å². The molecule has 5 rings (SSSR count). The van der Waals surface area contributed by atoms with Crippen LogP contribution in [0, 0.1) is 6.92 Å². The number of nitrogens with one attached hydrogen (secondary N) is 1. The van der Waals surface area contributed by atoms with Crippen LogP contribution in [0.25, 0.3) is 11.0 Å². The average molecular weight is 453 g/mol. The standard InChI is InChI=1S/C28H28N4O2/c1-19-10-3-5-13-22(19)28(34)29-20(2)27-30-23-14-6-8-16-25(23)32(27)18-26(33)31-17-9-12-21-11-4-7-15-24(21)31/h3-8,10-11,13-16,20H,9,12,17-18H2,1-2H3,(H,29,34). The molecule has 2 heterocycles. The summed E-state index contributed by atoms with van der Waals surface area (Å²) in [5, 5.41) is 3.08. The number of hydrogen-bond acceptors (Lipinski definition) is 3. The number of carbonyl (C=O) groups is 2. The second kappa shape index (κ2) is 9.14. The van der Waals surface area contributed by atoms with Crippen molar-refractivity contribution in [1.29, 1.82) is 0 Å². The van der Waals surface area contributed by atoms with Gasteiger partial charge >= 0.3 is 0 Å². The van der Waals surface area contributed by atoms with Crippen molar-refractivity contribution in [2.24, 2.45) is 0 Å². The van der Waals surface area contributed by atoms with Crippen LogP contribution in [-0.2, 0) is 17.8 Å². The summed E-state index contributed by atoms with van der Waals surface area (Å²) in [6.45, 7) is 4.70. The van der Waals surface area contributed by atoms with Crippen LogP contribution in [0.15, 0.2) is 72.8 Å². The molecule has 0 saturated heterocycles. The van der Waals surface area contributed by atoms with Crippen LogP contribution < -0.4 is 10.2 Å². The Morgan fingerprint density at radius 1 is 1.00 bits per heavy atom. The van der Waals surface area contributed by atoms with E-state index in [4.69, 9.17) is 4.98 Å². The van der Waals surface area contributed by atoms with E-state index in [2.05, 4.69) is 11.4 Å². The minimum absolute atomic E-state index is 0.0222. The molecule has 0 spiro atoms. The summed E-state index contributed by atoms with van der Waals surface area (Å²) in [6, 6.07) is 23.0. The first-order valence-electron chi connectivity index (χ1n) is 11.7. The molecular weight excluding hydrogens is 424 g/mol. The molecule has 3 aromatic carbocycles. The molecule has 1 aromatic heterocycles. The topological polar surface area (TPSA) is 67.2 Å². The van der Waals surface area contributed by atoms with Crippen LogP contribution in [0.4, 0.5) is 5.69 Å². The smallest absolute Gasteiger partial charge is 0.252 e. The summed E-state index contributed by atoms with van der Waals surface area (Å²) in [6.07, 6.45) is 1.93. The second-order valence-electron chi connectivity index (χ2n) is 8.83. The van der Waals surface area contributed by atoms with Crippen molar-refractivity contribution in [1.82, 2.24) is 14.9 Å². The molecule has 2 amide bonds. The van der Waals surface area contributed by atoms with Gasteiger partial charge in [-0.2, -0.15) is 0 Å². The summed E-state index contributed by atoms with van der Waals surface area (Å²) < 4.78 is 1.94. The van der Waals surface area contributed by atoms with E-state index in [0.29, 0.717) is 17.9 Å². The zero-order chi connectivity index (χ0) is 23.7. The largest absolute Gasteiger partial charge is 0.342 e. The summed E-state index contributed by atoms with van der Waals surface area (Å²) in [5.74, 6) is 0.538. The highest BCUT2D eigenvalue weighted by molar-refractivity contribution is 5.96. The van der Waals surface area contributed by atoms with Gasteiger partial charge in [0.05, 0.1) is 17.1 Å². The third-order valence-corrected chi connectivity index (χ3v) is 6.51. The van der Waals surface area contributed by atoms with Crippen molar-refractivity contribution in [3.8, 4) is 0 Å². The van der Waals surface area contributed by atoms with Gasteiger partial charge in [0.15, 0.2) is 0 Å². The molecule has 1 N–H and O–H groups in total. The number of nitrogens with zero attached hydrogens (tertiary/aromatic N) is 3. The SMILES string of the molecule is Cc1ccccc1C(=O)NC(C)c1nc2ccccc2n1CC(=O)N1CCCc2ccccc21. The molecule has 1 aliphatic rings. The first-order chi connectivity index (χ1) is 16.5. The molecule has 0 bridgehead atoms. The van der Waals surface area contributed by atoms with E-state index in [9.17, 15) is 9.59 Å². The van der Waals surface area contributed by atoms with E-state index < -0.39 is 0 Å². The zero-order valence-electron chi connectivity index (χ0n) is 19.5. The Balaban J connectivity index is 1.45. The molecule has 1 atom stereocenters. The van der Waals surface area contributed by atoms with Crippen LogP contribution in [0.1, 0.15) is 46.7 Å². The second-order valence-corrected chi connectivity index (χ2v) is 8.83. The Bertz CT molecular complexity index is 1370. The monoisotopic (exact) mass is 452 g/mol. The summed E-state index contributed by atoms with van der Waals surface area (Å²) in [4.78, 5) is 33.2. The zero-order valence-corrected chi connectivity index (χ0v) is 19.5. The number of fused-ring (bicyclic) bond motifs is 2. The van der Waals surface area contributed by atoms with Crippen molar-refractivity contribution in [2.75, 3.05) is 11.4 Å². The molecule has 0 aliphatic carbocycles. The van der Waals surface area contributed by atoms with Gasteiger partial charge in [-0.1, -0.05) is 48.5 Å². The van der Waals surface area contributed by atoms with Crippen LogP contribution in [0.5, 0.6) is 0 Å². The minimum atomic E-state index is -0.374. The van der Waals surface area contributed by atoms with E-state index in [1.165, 1.54) is 5.56 Å². The lowest BCUT2D eigenvalue weighted by molar-refractivity contribution is -0.119. The minimum Gasteiger partial charge on any atom is -0.342 e. The maximum absolute atomic E-state index is 13.5. The molecule has 6 heteroatoms. The number of amides is 2. The lowest BCUT2D eigenvalue weighted by Crippen LogP contribution is -2.38. The molecule has 172 valence electrons. The highest BCUT2D eigenvalue weighted by Crippen LogP contribution is 2.28. The number of para-hydroxylation sites is 3. The van der Waals surface area contributed by atoms with Gasteiger partial charge in [-0.05, 0) is 62.1 Å². The molecule has 1 aliphatic heterocycles. The average Bonchev–Trinajstić information content (AvgIpc) is 3.22. The number of hydrogen-bond donors (Lipinski definition) is 1.